The van der Waals surface area contributed by atoms with Crippen LogP contribution in [0.1, 0.15) is 10.4 Å². The average Bonchev–Trinajstić information content (AvgIpc) is 2.08. The second-order valence-electron chi connectivity index (χ2n) is 2.23. The molecule has 0 aliphatic heterocycles. The zero-order chi connectivity index (χ0) is 9.14. The minimum atomic E-state index is -0.394. The van der Waals surface area contributed by atoms with Crippen LogP contribution in [0.5, 0.6) is 0 Å². The molecule has 1 aromatic rings. The van der Waals surface area contributed by atoms with Crippen molar-refractivity contribution >= 4 is 35.2 Å². The summed E-state index contributed by atoms with van der Waals surface area (Å²) in [6.45, 7) is 0. The van der Waals surface area contributed by atoms with E-state index in [0.717, 1.165) is 0 Å². The molecule has 60 valence electrons. The Morgan fingerprint density at radius 1 is 1.58 bits per heavy atom. The van der Waals surface area contributed by atoms with Gasteiger partial charge in [0.1, 0.15) is 7.85 Å². The van der Waals surface area contributed by atoms with Crippen LogP contribution in [-0.2, 0) is 4.74 Å². The highest BCUT2D eigenvalue weighted by Gasteiger charge is 2.08. The lowest BCUT2D eigenvalue weighted by Gasteiger charge is -2.02. The number of hydrogen-bond acceptors (Lipinski definition) is 2. The van der Waals surface area contributed by atoms with E-state index < -0.39 is 5.97 Å². The van der Waals surface area contributed by atoms with Gasteiger partial charge in [-0.3, -0.25) is 0 Å². The first-order chi connectivity index (χ1) is 5.65. The van der Waals surface area contributed by atoms with E-state index in [1.54, 1.807) is 18.2 Å². The quantitative estimate of drug-likeness (QED) is 0.526. The van der Waals surface area contributed by atoms with Gasteiger partial charge in [0.15, 0.2) is 0 Å². The average molecular weight is 225 g/mol. The fourth-order valence-corrected chi connectivity index (χ4v) is 1.22. The molecule has 0 N–H and O–H groups in total. The molecule has 4 heteroatoms. The molecular formula is C8H6BBrO2. The lowest BCUT2D eigenvalue weighted by atomic mass is 9.94. The van der Waals surface area contributed by atoms with E-state index >= 15 is 0 Å². The lowest BCUT2D eigenvalue weighted by Crippen LogP contribution is -2.09. The normalized spacial score (nSPS) is 9.50. The summed E-state index contributed by atoms with van der Waals surface area (Å²) in [5, 5.41) is 0. The van der Waals surface area contributed by atoms with Gasteiger partial charge < -0.3 is 4.74 Å². The highest BCUT2D eigenvalue weighted by atomic mass is 79.9. The Bertz CT molecular complexity index is 312. The summed E-state index contributed by atoms with van der Waals surface area (Å²) >= 11 is 3.22. The van der Waals surface area contributed by atoms with E-state index in [4.69, 9.17) is 7.85 Å². The molecule has 0 atom stereocenters. The van der Waals surface area contributed by atoms with Gasteiger partial charge in [0.25, 0.3) is 0 Å². The number of ether oxygens (including phenoxy) is 1. The monoisotopic (exact) mass is 224 g/mol. The van der Waals surface area contributed by atoms with Crippen LogP contribution in [0.4, 0.5) is 0 Å². The number of methoxy groups -OCH3 is 1. The fraction of sp³-hybridized carbons (Fsp3) is 0.125. The van der Waals surface area contributed by atoms with Crippen molar-refractivity contribution in [3.63, 3.8) is 0 Å². The predicted octanol–water partition coefficient (Wildman–Crippen LogP) is 1.03. The van der Waals surface area contributed by atoms with Crippen molar-refractivity contribution in [2.24, 2.45) is 0 Å². The van der Waals surface area contributed by atoms with Crippen LogP contribution in [0.15, 0.2) is 22.7 Å². The Morgan fingerprint density at radius 2 is 2.25 bits per heavy atom. The number of halogens is 1. The highest BCUT2D eigenvalue weighted by Crippen LogP contribution is 2.15. The Hall–Kier alpha value is -0.765. The molecule has 0 spiro atoms. The number of esters is 1. The molecular weight excluding hydrogens is 219 g/mol. The molecule has 0 heterocycles. The smallest absolute Gasteiger partial charge is 0.338 e. The maximum atomic E-state index is 11.1. The molecule has 0 amide bonds. The SMILES string of the molecule is [B]c1ccc(Br)c(C(=O)OC)c1. The minimum absolute atomic E-state index is 0.394. The van der Waals surface area contributed by atoms with Crippen LogP contribution >= 0.6 is 15.9 Å². The van der Waals surface area contributed by atoms with Gasteiger partial charge in [-0.2, -0.15) is 0 Å². The molecule has 0 fully saturated rings. The topological polar surface area (TPSA) is 26.3 Å². The maximum absolute atomic E-state index is 11.1. The summed E-state index contributed by atoms with van der Waals surface area (Å²) in [4.78, 5) is 11.1. The van der Waals surface area contributed by atoms with Crippen molar-refractivity contribution in [1.82, 2.24) is 0 Å². The van der Waals surface area contributed by atoms with Crippen molar-refractivity contribution in [3.05, 3.63) is 28.2 Å². The predicted molar refractivity (Wildman–Crippen MR) is 50.9 cm³/mol. The van der Waals surface area contributed by atoms with Crippen LogP contribution in [0.3, 0.4) is 0 Å². The molecule has 0 bridgehead atoms. The summed E-state index contributed by atoms with van der Waals surface area (Å²) in [7, 11) is 6.82. The molecule has 0 saturated heterocycles. The zero-order valence-electron chi connectivity index (χ0n) is 6.50. The minimum Gasteiger partial charge on any atom is -0.465 e. The first kappa shape index (κ1) is 9.32. The van der Waals surface area contributed by atoms with E-state index in [1.165, 1.54) is 7.11 Å². The first-order valence-electron chi connectivity index (χ1n) is 3.28. The molecule has 0 saturated carbocycles. The van der Waals surface area contributed by atoms with Gasteiger partial charge in [-0.25, -0.2) is 4.79 Å². The van der Waals surface area contributed by atoms with Crippen LogP contribution in [0.2, 0.25) is 0 Å². The summed E-state index contributed by atoms with van der Waals surface area (Å²) in [6, 6.07) is 4.98. The van der Waals surface area contributed by atoms with Crippen LogP contribution in [0.25, 0.3) is 0 Å². The summed E-state index contributed by atoms with van der Waals surface area (Å²) in [6.07, 6.45) is 0. The van der Waals surface area contributed by atoms with Crippen LogP contribution in [0, 0.1) is 0 Å². The van der Waals surface area contributed by atoms with Gasteiger partial charge >= 0.3 is 5.97 Å². The summed E-state index contributed by atoms with van der Waals surface area (Å²) < 4.78 is 5.23. The summed E-state index contributed by atoms with van der Waals surface area (Å²) in [5.74, 6) is -0.394. The van der Waals surface area contributed by atoms with Gasteiger partial charge in [0, 0.05) is 4.47 Å². The molecule has 2 radical (unpaired) electrons. The van der Waals surface area contributed by atoms with Crippen molar-refractivity contribution in [2.45, 2.75) is 0 Å². The van der Waals surface area contributed by atoms with Gasteiger partial charge in [0.05, 0.1) is 12.7 Å². The van der Waals surface area contributed by atoms with E-state index in [2.05, 4.69) is 20.7 Å². The van der Waals surface area contributed by atoms with Crippen molar-refractivity contribution in [1.29, 1.82) is 0 Å². The summed E-state index contributed by atoms with van der Waals surface area (Å²) in [5.41, 5.74) is 0.983. The fourth-order valence-electron chi connectivity index (χ4n) is 0.809. The number of hydrogen-bond donors (Lipinski definition) is 0. The number of carbonyl (C=O) groups is 1. The van der Waals surface area contributed by atoms with Crippen LogP contribution in [-0.4, -0.2) is 20.9 Å². The second-order valence-corrected chi connectivity index (χ2v) is 3.09. The molecule has 0 unspecified atom stereocenters. The van der Waals surface area contributed by atoms with Crippen molar-refractivity contribution < 1.29 is 9.53 Å². The highest BCUT2D eigenvalue weighted by molar-refractivity contribution is 9.10. The van der Waals surface area contributed by atoms with E-state index in [-0.39, 0.29) is 0 Å². The Labute approximate surface area is 80.5 Å². The molecule has 12 heavy (non-hydrogen) atoms. The standard InChI is InChI=1S/C8H6BBrO2/c1-12-8(11)6-4-5(9)2-3-7(6)10/h2-4H,1H3. The largest absolute Gasteiger partial charge is 0.465 e. The van der Waals surface area contributed by atoms with Crippen molar-refractivity contribution in [3.8, 4) is 0 Å². The van der Waals surface area contributed by atoms with Crippen molar-refractivity contribution in [2.75, 3.05) is 7.11 Å². The Kier molecular flexibility index (Phi) is 2.92. The maximum Gasteiger partial charge on any atom is 0.338 e. The van der Waals surface area contributed by atoms with Gasteiger partial charge in [-0.05, 0) is 22.0 Å². The molecule has 0 aromatic heterocycles. The molecule has 1 rings (SSSR count). The zero-order valence-corrected chi connectivity index (χ0v) is 8.09. The van der Waals surface area contributed by atoms with E-state index in [9.17, 15) is 4.79 Å². The number of rotatable bonds is 1. The molecule has 0 aliphatic rings. The van der Waals surface area contributed by atoms with E-state index in [0.29, 0.717) is 15.5 Å². The first-order valence-corrected chi connectivity index (χ1v) is 4.08. The lowest BCUT2D eigenvalue weighted by molar-refractivity contribution is 0.0600. The number of carbonyl (C=O) groups excluding carboxylic acids is 1. The van der Waals surface area contributed by atoms with Gasteiger partial charge in [-0.1, -0.05) is 17.6 Å². The Balaban J connectivity index is 3.13. The van der Waals surface area contributed by atoms with Crippen LogP contribution < -0.4 is 5.46 Å². The van der Waals surface area contributed by atoms with Gasteiger partial charge in [-0.15, -0.1) is 0 Å². The van der Waals surface area contributed by atoms with E-state index in [1.807, 2.05) is 0 Å². The molecule has 0 aliphatic carbocycles. The third-order valence-electron chi connectivity index (χ3n) is 1.40. The molecule has 1 aromatic carbocycles. The second kappa shape index (κ2) is 3.76. The molecule has 2 nitrogen and oxygen atoms in total. The van der Waals surface area contributed by atoms with Gasteiger partial charge in [0.2, 0.25) is 0 Å². The number of benzene rings is 1. The third kappa shape index (κ3) is 1.88. The Morgan fingerprint density at radius 3 is 2.83 bits per heavy atom. The third-order valence-corrected chi connectivity index (χ3v) is 2.09.